The lowest BCUT2D eigenvalue weighted by Crippen LogP contribution is -2.52. The minimum Gasteiger partial charge on any atom is -0.493 e. The van der Waals surface area contributed by atoms with E-state index in [9.17, 15) is 4.79 Å². The summed E-state index contributed by atoms with van der Waals surface area (Å²) in [7, 11) is 4.77. The number of carbonyl (C=O) groups is 1. The van der Waals surface area contributed by atoms with E-state index in [1.165, 1.54) is 0 Å². The van der Waals surface area contributed by atoms with E-state index in [4.69, 9.17) is 18.9 Å². The molecule has 30 heavy (non-hydrogen) atoms. The van der Waals surface area contributed by atoms with Crippen molar-refractivity contribution >= 4 is 5.91 Å². The van der Waals surface area contributed by atoms with Gasteiger partial charge in [0.05, 0.1) is 34.5 Å². The number of hydrogen-bond donors (Lipinski definition) is 1. The summed E-state index contributed by atoms with van der Waals surface area (Å²) >= 11 is 0. The Hall–Kier alpha value is -1.99. The van der Waals surface area contributed by atoms with Gasteiger partial charge >= 0.3 is 0 Å². The van der Waals surface area contributed by atoms with Gasteiger partial charge < -0.3 is 24.3 Å². The van der Waals surface area contributed by atoms with Gasteiger partial charge in [-0.2, -0.15) is 0 Å². The zero-order valence-corrected chi connectivity index (χ0v) is 19.2. The number of amides is 1. The Morgan fingerprint density at radius 3 is 2.17 bits per heavy atom. The number of aryl methyl sites for hydroxylation is 1. The zero-order chi connectivity index (χ0) is 21.9. The summed E-state index contributed by atoms with van der Waals surface area (Å²) in [4.78, 5) is 15.1. The van der Waals surface area contributed by atoms with Gasteiger partial charge in [-0.15, -0.1) is 0 Å². The van der Waals surface area contributed by atoms with Crippen molar-refractivity contribution in [3.8, 4) is 17.2 Å². The lowest BCUT2D eigenvalue weighted by Gasteiger charge is -2.38. The highest BCUT2D eigenvalue weighted by atomic mass is 16.5. The van der Waals surface area contributed by atoms with Crippen molar-refractivity contribution in [2.75, 3.05) is 54.2 Å². The summed E-state index contributed by atoms with van der Waals surface area (Å²) < 4.78 is 21.7. The predicted octanol–water partition coefficient (Wildman–Crippen LogP) is 2.90. The topological polar surface area (TPSA) is 69.3 Å². The second-order valence-corrected chi connectivity index (χ2v) is 7.63. The van der Waals surface area contributed by atoms with Crippen LogP contribution < -0.4 is 19.5 Å². The highest BCUT2D eigenvalue weighted by Crippen LogP contribution is 2.38. The molecule has 1 saturated heterocycles. The zero-order valence-electron chi connectivity index (χ0n) is 19.2. The fraction of sp³-hybridized carbons (Fsp3) is 0.696. The average Bonchev–Trinajstić information content (AvgIpc) is 2.80. The molecule has 0 aromatic heterocycles. The first-order valence-electron chi connectivity index (χ1n) is 10.9. The second kappa shape index (κ2) is 12.6. The fourth-order valence-electron chi connectivity index (χ4n) is 4.18. The lowest BCUT2D eigenvalue weighted by molar-refractivity contribution is -0.121. The van der Waals surface area contributed by atoms with E-state index >= 15 is 0 Å². The van der Waals surface area contributed by atoms with Crippen LogP contribution in [0.15, 0.2) is 12.1 Å². The van der Waals surface area contributed by atoms with Gasteiger partial charge in [0.1, 0.15) is 0 Å². The van der Waals surface area contributed by atoms with Gasteiger partial charge in [-0.25, -0.2) is 0 Å². The van der Waals surface area contributed by atoms with Crippen LogP contribution in [-0.4, -0.2) is 71.0 Å². The first-order valence-corrected chi connectivity index (χ1v) is 10.9. The molecule has 1 aromatic rings. The van der Waals surface area contributed by atoms with E-state index in [1.54, 1.807) is 21.3 Å². The van der Waals surface area contributed by atoms with Crippen LogP contribution >= 0.6 is 0 Å². The van der Waals surface area contributed by atoms with Crippen molar-refractivity contribution in [1.29, 1.82) is 0 Å². The van der Waals surface area contributed by atoms with Crippen LogP contribution in [0.2, 0.25) is 0 Å². The highest BCUT2D eigenvalue weighted by molar-refractivity contribution is 5.76. The van der Waals surface area contributed by atoms with Crippen LogP contribution in [-0.2, 0) is 16.0 Å². The lowest BCUT2D eigenvalue weighted by atomic mass is 9.92. The van der Waals surface area contributed by atoms with Crippen molar-refractivity contribution in [2.45, 2.75) is 45.6 Å². The van der Waals surface area contributed by atoms with Crippen LogP contribution in [0.25, 0.3) is 0 Å². The number of methoxy groups -OCH3 is 3. The predicted molar refractivity (Wildman–Crippen MR) is 118 cm³/mol. The number of benzene rings is 1. The molecule has 1 aliphatic heterocycles. The molecule has 1 fully saturated rings. The molecular weight excluding hydrogens is 384 g/mol. The first kappa shape index (κ1) is 24.3. The molecule has 1 amide bonds. The van der Waals surface area contributed by atoms with E-state index in [0.29, 0.717) is 48.6 Å². The number of rotatable bonds is 12. The Balaban J connectivity index is 1.95. The molecule has 0 saturated carbocycles. The molecule has 1 aromatic carbocycles. The summed E-state index contributed by atoms with van der Waals surface area (Å²) in [5.41, 5.74) is 0.976. The van der Waals surface area contributed by atoms with Crippen LogP contribution in [0.1, 0.15) is 38.7 Å². The van der Waals surface area contributed by atoms with Crippen LogP contribution in [0.4, 0.5) is 0 Å². The van der Waals surface area contributed by atoms with Gasteiger partial charge in [-0.3, -0.25) is 9.69 Å². The van der Waals surface area contributed by atoms with Gasteiger partial charge in [0.15, 0.2) is 11.5 Å². The van der Waals surface area contributed by atoms with Gasteiger partial charge in [-0.1, -0.05) is 26.7 Å². The maximum Gasteiger partial charge on any atom is 0.220 e. The molecule has 0 radical (unpaired) electrons. The Morgan fingerprint density at radius 2 is 1.67 bits per heavy atom. The quantitative estimate of drug-likeness (QED) is 0.559. The molecule has 1 unspecified atom stereocenters. The minimum atomic E-state index is 0.0629. The summed E-state index contributed by atoms with van der Waals surface area (Å²) in [5.74, 6) is 2.40. The molecule has 7 heteroatoms. The van der Waals surface area contributed by atoms with Gasteiger partial charge in [0.25, 0.3) is 0 Å². The van der Waals surface area contributed by atoms with E-state index in [0.717, 1.165) is 44.7 Å². The van der Waals surface area contributed by atoms with Gasteiger partial charge in [0.2, 0.25) is 11.7 Å². The Kier molecular flexibility index (Phi) is 10.2. The Labute approximate surface area is 181 Å². The fourth-order valence-corrected chi connectivity index (χ4v) is 4.18. The maximum atomic E-state index is 12.6. The summed E-state index contributed by atoms with van der Waals surface area (Å²) in [6.07, 6.45) is 3.24. The standard InChI is InChI=1S/C23H38N2O5/c1-6-18(7-2)19(25-10-12-30-13-11-25)16-24-22(26)9-8-17-14-20(27-3)23(29-5)21(15-17)28-4/h14-15,18-19H,6-13,16H2,1-5H3,(H,24,26). The average molecular weight is 423 g/mol. The van der Waals surface area contributed by atoms with Crippen molar-refractivity contribution < 1.29 is 23.7 Å². The molecule has 7 nitrogen and oxygen atoms in total. The van der Waals surface area contributed by atoms with Crippen molar-refractivity contribution in [1.82, 2.24) is 10.2 Å². The molecule has 0 spiro atoms. The van der Waals surface area contributed by atoms with Crippen LogP contribution in [0.3, 0.4) is 0 Å². The summed E-state index contributed by atoms with van der Waals surface area (Å²) in [5, 5.41) is 3.17. The molecule has 1 heterocycles. The third-order valence-corrected chi connectivity index (χ3v) is 5.98. The van der Waals surface area contributed by atoms with Crippen molar-refractivity contribution in [3.05, 3.63) is 17.7 Å². The van der Waals surface area contributed by atoms with Crippen LogP contribution in [0.5, 0.6) is 17.2 Å². The normalized spacial score (nSPS) is 15.7. The Morgan fingerprint density at radius 1 is 1.07 bits per heavy atom. The third kappa shape index (κ3) is 6.51. The molecule has 1 N–H and O–H groups in total. The molecule has 1 atom stereocenters. The SMILES string of the molecule is CCC(CC)C(CNC(=O)CCc1cc(OC)c(OC)c(OC)c1)N1CCOCC1. The number of nitrogens with zero attached hydrogens (tertiary/aromatic N) is 1. The van der Waals surface area contributed by atoms with E-state index < -0.39 is 0 Å². The number of morpholine rings is 1. The molecule has 0 bridgehead atoms. The Bertz CT molecular complexity index is 632. The molecule has 170 valence electrons. The van der Waals surface area contributed by atoms with Crippen molar-refractivity contribution in [2.24, 2.45) is 5.92 Å². The van der Waals surface area contributed by atoms with Gasteiger partial charge in [0, 0.05) is 32.1 Å². The van der Waals surface area contributed by atoms with Gasteiger partial charge in [-0.05, 0) is 30.0 Å². The smallest absolute Gasteiger partial charge is 0.220 e. The van der Waals surface area contributed by atoms with E-state index in [-0.39, 0.29) is 5.91 Å². The molecule has 2 rings (SSSR count). The van der Waals surface area contributed by atoms with Crippen molar-refractivity contribution in [3.63, 3.8) is 0 Å². The molecule has 1 aliphatic rings. The second-order valence-electron chi connectivity index (χ2n) is 7.63. The van der Waals surface area contributed by atoms with E-state index in [2.05, 4.69) is 24.1 Å². The maximum absolute atomic E-state index is 12.6. The number of nitrogens with one attached hydrogen (secondary N) is 1. The van der Waals surface area contributed by atoms with Crippen LogP contribution in [0, 0.1) is 5.92 Å². The minimum absolute atomic E-state index is 0.0629. The largest absolute Gasteiger partial charge is 0.493 e. The number of carbonyl (C=O) groups excluding carboxylic acids is 1. The molecule has 0 aliphatic carbocycles. The first-order chi connectivity index (χ1) is 14.6. The number of ether oxygens (including phenoxy) is 4. The third-order valence-electron chi connectivity index (χ3n) is 5.98. The summed E-state index contributed by atoms with van der Waals surface area (Å²) in [6, 6.07) is 4.15. The highest BCUT2D eigenvalue weighted by Gasteiger charge is 2.27. The summed E-state index contributed by atoms with van der Waals surface area (Å²) in [6.45, 7) is 8.55. The van der Waals surface area contributed by atoms with E-state index in [1.807, 2.05) is 12.1 Å². The molecular formula is C23H38N2O5. The number of hydrogen-bond acceptors (Lipinski definition) is 6. The monoisotopic (exact) mass is 422 g/mol.